The Morgan fingerprint density at radius 3 is 3.00 bits per heavy atom. The molecule has 0 spiro atoms. The minimum absolute atomic E-state index is 0.124. The third-order valence-electron chi connectivity index (χ3n) is 1.88. The first kappa shape index (κ1) is 11.7. The maximum Gasteiger partial charge on any atom is 0.252 e. The lowest BCUT2D eigenvalue weighted by molar-refractivity contribution is 0.158. The molecule has 1 aromatic rings. The number of H-pyrrole nitrogens is 1. The minimum Gasteiger partial charge on any atom is -0.380 e. The second kappa shape index (κ2) is 6.19. The van der Waals surface area contributed by atoms with E-state index in [-0.39, 0.29) is 5.56 Å². The summed E-state index contributed by atoms with van der Waals surface area (Å²) in [6, 6.07) is 1.45. The summed E-state index contributed by atoms with van der Waals surface area (Å²) in [6.07, 6.45) is 0.718. The molecule has 0 aliphatic carbocycles. The fourth-order valence-electron chi connectivity index (χ4n) is 1.16. The highest BCUT2D eigenvalue weighted by molar-refractivity contribution is 5.32. The summed E-state index contributed by atoms with van der Waals surface area (Å²) in [5.74, 6) is 1.30. The van der Waals surface area contributed by atoms with Gasteiger partial charge in [-0.1, -0.05) is 6.92 Å². The van der Waals surface area contributed by atoms with Gasteiger partial charge in [-0.2, -0.15) is 0 Å². The molecular weight excluding hydrogens is 194 g/mol. The highest BCUT2D eigenvalue weighted by Crippen LogP contribution is 1.98. The van der Waals surface area contributed by atoms with Crippen molar-refractivity contribution in [2.45, 2.75) is 20.3 Å². The summed E-state index contributed by atoms with van der Waals surface area (Å²) >= 11 is 0. The van der Waals surface area contributed by atoms with Crippen molar-refractivity contribution < 1.29 is 4.74 Å². The Hall–Kier alpha value is -1.36. The van der Waals surface area contributed by atoms with E-state index in [4.69, 9.17) is 4.74 Å². The van der Waals surface area contributed by atoms with Crippen molar-refractivity contribution in [3.8, 4) is 0 Å². The molecule has 5 nitrogen and oxygen atoms in total. The quantitative estimate of drug-likeness (QED) is 0.682. The van der Waals surface area contributed by atoms with Crippen LogP contribution >= 0.6 is 0 Å². The predicted molar refractivity (Wildman–Crippen MR) is 59.2 cm³/mol. The van der Waals surface area contributed by atoms with Crippen LogP contribution in [0, 0.1) is 0 Å². The van der Waals surface area contributed by atoms with Gasteiger partial charge in [-0.3, -0.25) is 4.79 Å². The number of hydrogen-bond donors (Lipinski definition) is 2. The van der Waals surface area contributed by atoms with Gasteiger partial charge in [-0.25, -0.2) is 4.98 Å². The average molecular weight is 211 g/mol. The van der Waals surface area contributed by atoms with Gasteiger partial charge in [0.2, 0.25) is 0 Å². The van der Waals surface area contributed by atoms with Crippen LogP contribution in [0.25, 0.3) is 0 Å². The van der Waals surface area contributed by atoms with E-state index in [0.717, 1.165) is 6.42 Å². The van der Waals surface area contributed by atoms with Crippen LogP contribution in [-0.4, -0.2) is 29.7 Å². The number of nitrogens with zero attached hydrogens (tertiary/aromatic N) is 1. The van der Waals surface area contributed by atoms with Gasteiger partial charge in [0, 0.05) is 25.6 Å². The Morgan fingerprint density at radius 2 is 2.33 bits per heavy atom. The molecule has 1 heterocycles. The second-order valence-electron chi connectivity index (χ2n) is 3.05. The molecule has 0 fully saturated rings. The highest BCUT2D eigenvalue weighted by atomic mass is 16.5. The van der Waals surface area contributed by atoms with Crippen molar-refractivity contribution >= 4 is 5.82 Å². The van der Waals surface area contributed by atoms with E-state index in [2.05, 4.69) is 15.3 Å². The molecule has 15 heavy (non-hydrogen) atoms. The van der Waals surface area contributed by atoms with Gasteiger partial charge in [0.05, 0.1) is 6.61 Å². The Bertz CT molecular complexity index is 349. The normalized spacial score (nSPS) is 10.3. The molecule has 0 aromatic carbocycles. The van der Waals surface area contributed by atoms with Gasteiger partial charge < -0.3 is 15.0 Å². The van der Waals surface area contributed by atoms with Crippen molar-refractivity contribution in [1.29, 1.82) is 0 Å². The van der Waals surface area contributed by atoms with Gasteiger partial charge in [0.15, 0.2) is 0 Å². The van der Waals surface area contributed by atoms with Crippen LogP contribution in [0.15, 0.2) is 10.9 Å². The lowest BCUT2D eigenvalue weighted by atomic mass is 10.4. The summed E-state index contributed by atoms with van der Waals surface area (Å²) in [6.45, 7) is 5.87. The Balaban J connectivity index is 2.53. The van der Waals surface area contributed by atoms with E-state index in [9.17, 15) is 4.79 Å². The number of nitrogens with one attached hydrogen (secondary N) is 2. The van der Waals surface area contributed by atoms with Crippen LogP contribution in [0.2, 0.25) is 0 Å². The highest BCUT2D eigenvalue weighted by Gasteiger charge is 1.98. The van der Waals surface area contributed by atoms with Crippen LogP contribution < -0.4 is 10.9 Å². The second-order valence-corrected chi connectivity index (χ2v) is 3.05. The predicted octanol–water partition coefficient (Wildman–Crippen LogP) is 0.781. The van der Waals surface area contributed by atoms with E-state index in [1.165, 1.54) is 6.07 Å². The Morgan fingerprint density at radius 1 is 1.53 bits per heavy atom. The molecule has 1 rings (SSSR count). The van der Waals surface area contributed by atoms with Gasteiger partial charge in [-0.05, 0) is 6.92 Å². The molecule has 0 radical (unpaired) electrons. The average Bonchev–Trinajstić information content (AvgIpc) is 2.23. The molecule has 0 saturated heterocycles. The molecule has 0 saturated carbocycles. The van der Waals surface area contributed by atoms with Crippen LogP contribution in [0.4, 0.5) is 5.82 Å². The van der Waals surface area contributed by atoms with Crippen LogP contribution in [0.1, 0.15) is 19.7 Å². The summed E-state index contributed by atoms with van der Waals surface area (Å²) in [4.78, 5) is 18.1. The van der Waals surface area contributed by atoms with Crippen molar-refractivity contribution in [1.82, 2.24) is 9.97 Å². The topological polar surface area (TPSA) is 67.0 Å². The Kier molecular flexibility index (Phi) is 4.83. The maximum absolute atomic E-state index is 11.2. The molecular formula is C10H17N3O2. The first-order chi connectivity index (χ1) is 7.26. The maximum atomic E-state index is 11.2. The van der Waals surface area contributed by atoms with E-state index in [0.29, 0.717) is 31.4 Å². The number of anilines is 1. The zero-order chi connectivity index (χ0) is 11.1. The lowest BCUT2D eigenvalue weighted by Crippen LogP contribution is -2.16. The third kappa shape index (κ3) is 4.12. The molecule has 0 amide bonds. The summed E-state index contributed by atoms with van der Waals surface area (Å²) < 4.78 is 5.17. The zero-order valence-electron chi connectivity index (χ0n) is 9.17. The molecule has 0 atom stereocenters. The first-order valence-corrected chi connectivity index (χ1v) is 5.18. The number of aryl methyl sites for hydroxylation is 1. The van der Waals surface area contributed by atoms with Crippen LogP contribution in [0.5, 0.6) is 0 Å². The fourth-order valence-corrected chi connectivity index (χ4v) is 1.16. The van der Waals surface area contributed by atoms with Gasteiger partial charge in [0.25, 0.3) is 5.56 Å². The number of rotatable bonds is 6. The summed E-state index contributed by atoms with van der Waals surface area (Å²) in [5.41, 5.74) is -0.124. The summed E-state index contributed by atoms with van der Waals surface area (Å²) in [7, 11) is 0. The molecule has 2 N–H and O–H groups in total. The molecule has 0 unspecified atom stereocenters. The van der Waals surface area contributed by atoms with Crippen molar-refractivity contribution in [2.24, 2.45) is 0 Å². The van der Waals surface area contributed by atoms with Gasteiger partial charge >= 0.3 is 0 Å². The van der Waals surface area contributed by atoms with Gasteiger partial charge in [0.1, 0.15) is 11.6 Å². The van der Waals surface area contributed by atoms with Crippen LogP contribution in [-0.2, 0) is 11.2 Å². The SMILES string of the molecule is CCOCCNc1cc(=O)[nH]c(CC)n1. The number of aromatic nitrogens is 2. The monoisotopic (exact) mass is 211 g/mol. The van der Waals surface area contributed by atoms with E-state index < -0.39 is 0 Å². The van der Waals surface area contributed by atoms with Crippen molar-refractivity contribution in [2.75, 3.05) is 25.1 Å². The molecule has 5 heteroatoms. The van der Waals surface area contributed by atoms with E-state index in [1.54, 1.807) is 0 Å². The molecule has 1 aromatic heterocycles. The summed E-state index contributed by atoms with van der Waals surface area (Å²) in [5, 5.41) is 3.04. The van der Waals surface area contributed by atoms with Crippen molar-refractivity contribution in [3.63, 3.8) is 0 Å². The number of hydrogen-bond acceptors (Lipinski definition) is 4. The fraction of sp³-hybridized carbons (Fsp3) is 0.600. The standard InChI is InChI=1S/C10H17N3O2/c1-3-8-12-9(7-10(14)13-8)11-5-6-15-4-2/h7H,3-6H2,1-2H3,(H2,11,12,13,14). The third-order valence-corrected chi connectivity index (χ3v) is 1.88. The van der Waals surface area contributed by atoms with E-state index in [1.807, 2.05) is 13.8 Å². The van der Waals surface area contributed by atoms with Crippen molar-refractivity contribution in [3.05, 3.63) is 22.2 Å². The lowest BCUT2D eigenvalue weighted by Gasteiger charge is -2.06. The van der Waals surface area contributed by atoms with Crippen LogP contribution in [0.3, 0.4) is 0 Å². The van der Waals surface area contributed by atoms with Gasteiger partial charge in [-0.15, -0.1) is 0 Å². The molecule has 0 aliphatic heterocycles. The van der Waals surface area contributed by atoms with E-state index >= 15 is 0 Å². The minimum atomic E-state index is -0.124. The molecule has 0 aliphatic rings. The largest absolute Gasteiger partial charge is 0.380 e. The smallest absolute Gasteiger partial charge is 0.252 e. The first-order valence-electron chi connectivity index (χ1n) is 5.18. The zero-order valence-corrected chi connectivity index (χ0v) is 9.17. The molecule has 84 valence electrons. The Labute approximate surface area is 88.9 Å². The molecule has 0 bridgehead atoms. The number of aromatic amines is 1. The number of ether oxygens (including phenoxy) is 1.